The highest BCUT2D eigenvalue weighted by molar-refractivity contribution is 5.87. The van der Waals surface area contributed by atoms with Gasteiger partial charge >= 0.3 is 12.0 Å². The number of aromatic nitrogens is 2. The number of hydrogen-bond acceptors (Lipinski definition) is 3. The molecule has 0 spiro atoms. The molecule has 0 saturated heterocycles. The lowest BCUT2D eigenvalue weighted by atomic mass is 10.1. The Morgan fingerprint density at radius 1 is 1.27 bits per heavy atom. The van der Waals surface area contributed by atoms with Crippen molar-refractivity contribution in [1.29, 1.82) is 0 Å². The first kappa shape index (κ1) is 15.6. The molecule has 22 heavy (non-hydrogen) atoms. The number of amides is 2. The second kappa shape index (κ2) is 6.75. The van der Waals surface area contributed by atoms with Gasteiger partial charge in [0.15, 0.2) is 0 Å². The highest BCUT2D eigenvalue weighted by atomic mass is 16.4. The lowest BCUT2D eigenvalue weighted by Gasteiger charge is -2.12. The first-order valence-corrected chi connectivity index (χ1v) is 6.82. The van der Waals surface area contributed by atoms with E-state index in [1.54, 1.807) is 16.8 Å². The molecule has 1 aromatic carbocycles. The summed E-state index contributed by atoms with van der Waals surface area (Å²) >= 11 is 0. The lowest BCUT2D eigenvalue weighted by molar-refractivity contribution is 0.0697. The van der Waals surface area contributed by atoms with Gasteiger partial charge in [-0.1, -0.05) is 12.1 Å². The molecular weight excluding hydrogens is 284 g/mol. The Labute approximate surface area is 128 Å². The number of rotatable bonds is 5. The molecule has 0 fully saturated rings. The van der Waals surface area contributed by atoms with E-state index in [9.17, 15) is 9.59 Å². The fourth-order valence-corrected chi connectivity index (χ4v) is 1.93. The summed E-state index contributed by atoms with van der Waals surface area (Å²) in [6.45, 7) is 2.17. The van der Waals surface area contributed by atoms with E-state index >= 15 is 0 Å². The van der Waals surface area contributed by atoms with Crippen molar-refractivity contribution in [3.8, 4) is 0 Å². The molecule has 1 aromatic heterocycles. The fraction of sp³-hybridized carbons (Fsp3) is 0.267. The number of nitrogens with one attached hydrogen (secondary N) is 2. The molecule has 0 radical (unpaired) electrons. The summed E-state index contributed by atoms with van der Waals surface area (Å²) in [5.74, 6) is -0.971. The number of benzene rings is 1. The zero-order valence-electron chi connectivity index (χ0n) is 12.4. The van der Waals surface area contributed by atoms with Crippen LogP contribution in [-0.2, 0) is 13.6 Å². The predicted octanol–water partition coefficient (Wildman–Crippen LogP) is 1.68. The van der Waals surface area contributed by atoms with Crippen LogP contribution in [-0.4, -0.2) is 26.9 Å². The molecule has 0 bridgehead atoms. The van der Waals surface area contributed by atoms with E-state index < -0.39 is 5.97 Å². The van der Waals surface area contributed by atoms with Gasteiger partial charge in [-0.15, -0.1) is 0 Å². The second-order valence-corrected chi connectivity index (χ2v) is 4.97. The molecule has 0 aliphatic rings. The fourth-order valence-electron chi connectivity index (χ4n) is 1.93. The molecule has 116 valence electrons. The van der Waals surface area contributed by atoms with Crippen molar-refractivity contribution in [3.05, 3.63) is 53.3 Å². The molecule has 1 atom stereocenters. The van der Waals surface area contributed by atoms with Gasteiger partial charge < -0.3 is 15.7 Å². The highest BCUT2D eigenvalue weighted by Crippen LogP contribution is 2.08. The molecule has 0 aliphatic heterocycles. The molecule has 0 saturated carbocycles. The molecule has 0 aliphatic carbocycles. The minimum Gasteiger partial charge on any atom is -0.478 e. The zero-order chi connectivity index (χ0) is 16.1. The Bertz CT molecular complexity index is 664. The summed E-state index contributed by atoms with van der Waals surface area (Å²) < 4.78 is 1.68. The van der Waals surface area contributed by atoms with Gasteiger partial charge in [0.05, 0.1) is 17.3 Å². The van der Waals surface area contributed by atoms with Crippen molar-refractivity contribution in [3.63, 3.8) is 0 Å². The third kappa shape index (κ3) is 4.08. The third-order valence-electron chi connectivity index (χ3n) is 3.18. The van der Waals surface area contributed by atoms with E-state index in [2.05, 4.69) is 15.7 Å². The van der Waals surface area contributed by atoms with Crippen molar-refractivity contribution < 1.29 is 14.7 Å². The molecule has 2 rings (SSSR count). The maximum atomic E-state index is 11.8. The van der Waals surface area contributed by atoms with Crippen LogP contribution in [0, 0.1) is 0 Å². The zero-order valence-corrected chi connectivity index (χ0v) is 12.4. The molecular formula is C15H18N4O3. The van der Waals surface area contributed by atoms with E-state index in [1.807, 2.05) is 26.2 Å². The summed E-state index contributed by atoms with van der Waals surface area (Å²) in [5, 5.41) is 18.6. The average Bonchev–Trinajstić information content (AvgIpc) is 2.92. The van der Waals surface area contributed by atoms with Gasteiger partial charge in [0, 0.05) is 19.8 Å². The standard InChI is InChI=1S/C15H18N4O3/c1-10(13-7-8-19(2)18-13)17-15(22)16-9-11-3-5-12(6-4-11)14(20)21/h3-8,10H,9H2,1-2H3,(H,20,21)(H2,16,17,22). The SMILES string of the molecule is CC(NC(=O)NCc1ccc(C(=O)O)cc1)c1ccn(C)n1. The number of carboxylic acid groups (broad SMARTS) is 1. The molecule has 1 heterocycles. The van der Waals surface area contributed by atoms with Crippen LogP contribution in [0.15, 0.2) is 36.5 Å². The van der Waals surface area contributed by atoms with Crippen molar-refractivity contribution in [2.75, 3.05) is 0 Å². The van der Waals surface area contributed by atoms with Crippen molar-refractivity contribution >= 4 is 12.0 Å². The van der Waals surface area contributed by atoms with Gasteiger partial charge in [0.1, 0.15) is 0 Å². The maximum Gasteiger partial charge on any atom is 0.335 e. The Kier molecular flexibility index (Phi) is 4.77. The molecule has 2 amide bonds. The van der Waals surface area contributed by atoms with Crippen LogP contribution in [0.3, 0.4) is 0 Å². The number of carbonyl (C=O) groups excluding carboxylic acids is 1. The first-order chi connectivity index (χ1) is 10.5. The summed E-state index contributed by atoms with van der Waals surface area (Å²) in [5.41, 5.74) is 1.83. The summed E-state index contributed by atoms with van der Waals surface area (Å²) in [6.07, 6.45) is 1.81. The van der Waals surface area contributed by atoms with Crippen LogP contribution in [0.2, 0.25) is 0 Å². The van der Waals surface area contributed by atoms with E-state index in [1.165, 1.54) is 12.1 Å². The van der Waals surface area contributed by atoms with Crippen LogP contribution in [0.25, 0.3) is 0 Å². The highest BCUT2D eigenvalue weighted by Gasteiger charge is 2.11. The van der Waals surface area contributed by atoms with Crippen LogP contribution >= 0.6 is 0 Å². The van der Waals surface area contributed by atoms with Crippen LogP contribution < -0.4 is 10.6 Å². The van der Waals surface area contributed by atoms with Gasteiger partial charge in [0.25, 0.3) is 0 Å². The largest absolute Gasteiger partial charge is 0.478 e. The number of aryl methyl sites for hydroxylation is 1. The quantitative estimate of drug-likeness (QED) is 0.783. The number of carboxylic acids is 1. The monoisotopic (exact) mass is 302 g/mol. The van der Waals surface area contributed by atoms with Gasteiger partial charge in [-0.25, -0.2) is 9.59 Å². The van der Waals surface area contributed by atoms with Crippen molar-refractivity contribution in [1.82, 2.24) is 20.4 Å². The summed E-state index contributed by atoms with van der Waals surface area (Å²) in [4.78, 5) is 22.6. The molecule has 2 aromatic rings. The van der Waals surface area contributed by atoms with Gasteiger partial charge in [0.2, 0.25) is 0 Å². The van der Waals surface area contributed by atoms with E-state index in [-0.39, 0.29) is 17.6 Å². The van der Waals surface area contributed by atoms with Crippen LogP contribution in [0.1, 0.15) is 34.6 Å². The van der Waals surface area contributed by atoms with Crippen LogP contribution in [0.4, 0.5) is 4.79 Å². The average molecular weight is 302 g/mol. The number of urea groups is 1. The summed E-state index contributed by atoms with van der Waals surface area (Å²) in [7, 11) is 1.82. The predicted molar refractivity (Wildman–Crippen MR) is 80.4 cm³/mol. The number of hydrogen-bond donors (Lipinski definition) is 3. The molecule has 7 nitrogen and oxygen atoms in total. The minimum atomic E-state index is -0.971. The normalized spacial score (nSPS) is 11.7. The minimum absolute atomic E-state index is 0.199. The maximum absolute atomic E-state index is 11.8. The Morgan fingerprint density at radius 2 is 1.95 bits per heavy atom. The Balaban J connectivity index is 1.83. The third-order valence-corrected chi connectivity index (χ3v) is 3.18. The lowest BCUT2D eigenvalue weighted by Crippen LogP contribution is -2.36. The summed E-state index contributed by atoms with van der Waals surface area (Å²) in [6, 6.07) is 7.70. The molecule has 7 heteroatoms. The van der Waals surface area contributed by atoms with Crippen molar-refractivity contribution in [2.45, 2.75) is 19.5 Å². The van der Waals surface area contributed by atoms with Crippen LogP contribution in [0.5, 0.6) is 0 Å². The van der Waals surface area contributed by atoms with E-state index in [4.69, 9.17) is 5.11 Å². The topological polar surface area (TPSA) is 96.3 Å². The second-order valence-electron chi connectivity index (χ2n) is 4.97. The van der Waals surface area contributed by atoms with Gasteiger partial charge in [-0.05, 0) is 30.7 Å². The number of carbonyl (C=O) groups is 2. The Hall–Kier alpha value is -2.83. The van der Waals surface area contributed by atoms with Gasteiger partial charge in [-0.2, -0.15) is 5.10 Å². The van der Waals surface area contributed by atoms with E-state index in [0.29, 0.717) is 6.54 Å². The van der Waals surface area contributed by atoms with Crippen molar-refractivity contribution in [2.24, 2.45) is 7.05 Å². The molecule has 3 N–H and O–H groups in total. The first-order valence-electron chi connectivity index (χ1n) is 6.82. The van der Waals surface area contributed by atoms with Gasteiger partial charge in [-0.3, -0.25) is 4.68 Å². The Morgan fingerprint density at radius 3 is 2.50 bits per heavy atom. The number of nitrogens with zero attached hydrogens (tertiary/aromatic N) is 2. The smallest absolute Gasteiger partial charge is 0.335 e. The van der Waals surface area contributed by atoms with E-state index in [0.717, 1.165) is 11.3 Å². The molecule has 1 unspecified atom stereocenters. The number of aromatic carboxylic acids is 1.